The maximum atomic E-state index is 14.6. The molecule has 8 rings (SSSR count). The molecule has 3 N–H and O–H groups in total. The minimum atomic E-state index is -1.31. The van der Waals surface area contributed by atoms with Crippen LogP contribution in [0, 0.1) is 22.7 Å². The summed E-state index contributed by atoms with van der Waals surface area (Å²) >= 11 is 0. The molecule has 3 aliphatic carbocycles. The monoisotopic (exact) mass is 820 g/mol. The Balaban J connectivity index is 1.04. The lowest BCUT2D eigenvalue weighted by atomic mass is 9.52. The maximum Gasteiger partial charge on any atom is 0.327 e. The lowest BCUT2D eigenvalue weighted by Gasteiger charge is -2.53. The standard InChI is InChI=1S/C47H69N3O9/c1-6-8-10-20-46(21-11-9-7-2)57-38-35-28-47(43(54)49-23-19-37(52)48-24-25-51)40(42(53)55-35)50(59-41(47)39(38)58-46)29-31-14-12-30(13-15-31)26-32-16-17-36-45(5,56-36)22-18-34-33(32)27-44(34,3)4/h12-15,26,33-36,38-41,51H,6-11,16-25,27-29H2,1-5H3,(H,48,52)(H,49,54)/t33-,34-,35?,36?,38+,39+,40+,41-,45-,47?/m1/s1. The topological polar surface area (TPSA) is 148 Å². The van der Waals surface area contributed by atoms with Crippen molar-refractivity contribution in [3.8, 4) is 0 Å². The van der Waals surface area contributed by atoms with Crippen LogP contribution in [0.2, 0.25) is 0 Å². The summed E-state index contributed by atoms with van der Waals surface area (Å²) in [6.45, 7) is 11.8. The van der Waals surface area contributed by atoms with Gasteiger partial charge in [0.1, 0.15) is 29.8 Å². The van der Waals surface area contributed by atoms with Crippen molar-refractivity contribution >= 4 is 23.9 Å². The number of rotatable bonds is 17. The van der Waals surface area contributed by atoms with Crippen molar-refractivity contribution in [2.45, 2.75) is 185 Å². The number of hydrogen-bond acceptors (Lipinski definition) is 10. The third-order valence-electron chi connectivity index (χ3n) is 15.1. The number of nitrogens with zero attached hydrogens (tertiary/aromatic N) is 1. The minimum Gasteiger partial charge on any atom is -0.458 e. The zero-order valence-electron chi connectivity index (χ0n) is 36.1. The van der Waals surface area contributed by atoms with Gasteiger partial charge in [0.2, 0.25) is 11.8 Å². The van der Waals surface area contributed by atoms with Crippen LogP contribution in [-0.2, 0) is 44.7 Å². The highest BCUT2D eigenvalue weighted by atomic mass is 16.8. The Morgan fingerprint density at radius 3 is 2.34 bits per heavy atom. The van der Waals surface area contributed by atoms with Crippen LogP contribution in [-0.4, -0.2) is 95.6 Å². The zero-order chi connectivity index (χ0) is 41.6. The van der Waals surface area contributed by atoms with Gasteiger partial charge in [-0.25, -0.2) is 0 Å². The van der Waals surface area contributed by atoms with Crippen molar-refractivity contribution in [2.24, 2.45) is 22.7 Å². The van der Waals surface area contributed by atoms with Crippen LogP contribution in [0.1, 0.15) is 142 Å². The van der Waals surface area contributed by atoms with Crippen molar-refractivity contribution in [3.05, 3.63) is 41.0 Å². The highest BCUT2D eigenvalue weighted by molar-refractivity contribution is 5.94. The molecule has 12 nitrogen and oxygen atoms in total. The van der Waals surface area contributed by atoms with E-state index < -0.39 is 47.6 Å². The van der Waals surface area contributed by atoms with Gasteiger partial charge in [0.25, 0.3) is 0 Å². The Bertz CT molecular complexity index is 1720. The van der Waals surface area contributed by atoms with Crippen LogP contribution < -0.4 is 10.6 Å². The van der Waals surface area contributed by atoms with Crippen LogP contribution in [0.25, 0.3) is 6.08 Å². The summed E-state index contributed by atoms with van der Waals surface area (Å²) in [6.07, 6.45) is 13.6. The van der Waals surface area contributed by atoms with E-state index in [1.165, 1.54) is 18.4 Å². The van der Waals surface area contributed by atoms with E-state index in [2.05, 4.69) is 75.6 Å². The largest absolute Gasteiger partial charge is 0.458 e. The number of ether oxygens (including phenoxy) is 4. The predicted octanol–water partition coefficient (Wildman–Crippen LogP) is 6.52. The first-order valence-electron chi connectivity index (χ1n) is 23.0. The molecule has 3 unspecified atom stereocenters. The first-order valence-corrected chi connectivity index (χ1v) is 23.0. The second kappa shape index (κ2) is 17.1. The van der Waals surface area contributed by atoms with Gasteiger partial charge >= 0.3 is 5.97 Å². The number of amides is 2. The number of carbonyl (C=O) groups excluding carboxylic acids is 3. The first kappa shape index (κ1) is 42.8. The fraction of sp³-hybridized carbons (Fsp3) is 0.766. The van der Waals surface area contributed by atoms with E-state index in [0.29, 0.717) is 23.4 Å². The molecule has 326 valence electrons. The number of unbranched alkanes of at least 4 members (excludes halogenated alkanes) is 4. The van der Waals surface area contributed by atoms with Crippen molar-refractivity contribution < 1.29 is 43.3 Å². The molecule has 4 aliphatic heterocycles. The van der Waals surface area contributed by atoms with Crippen molar-refractivity contribution in [1.82, 2.24) is 15.7 Å². The highest BCUT2D eigenvalue weighted by Crippen LogP contribution is 2.60. The number of aliphatic hydroxyl groups excluding tert-OH is 1. The van der Waals surface area contributed by atoms with Gasteiger partial charge in [-0.05, 0) is 80.2 Å². The smallest absolute Gasteiger partial charge is 0.327 e. The normalized spacial score (nSPS) is 36.8. The fourth-order valence-electron chi connectivity index (χ4n) is 11.8. The van der Waals surface area contributed by atoms with E-state index in [1.807, 2.05) is 0 Å². The van der Waals surface area contributed by atoms with E-state index >= 15 is 0 Å². The summed E-state index contributed by atoms with van der Waals surface area (Å²) in [7, 11) is 0. The van der Waals surface area contributed by atoms with Gasteiger partial charge in [0, 0.05) is 38.8 Å². The number of allylic oxidation sites excluding steroid dienone is 1. The summed E-state index contributed by atoms with van der Waals surface area (Å²) in [5, 5.41) is 16.4. The summed E-state index contributed by atoms with van der Waals surface area (Å²) < 4.78 is 26.3. The molecule has 3 saturated carbocycles. The van der Waals surface area contributed by atoms with Crippen LogP contribution in [0.5, 0.6) is 0 Å². The Hall–Kier alpha value is -2.87. The number of epoxide rings is 1. The van der Waals surface area contributed by atoms with E-state index in [1.54, 1.807) is 5.06 Å². The van der Waals surface area contributed by atoms with E-state index in [9.17, 15) is 14.4 Å². The number of hydroxylamine groups is 2. The number of aliphatic hydroxyl groups is 1. The molecule has 59 heavy (non-hydrogen) atoms. The molecular formula is C47H69N3O9. The summed E-state index contributed by atoms with van der Waals surface area (Å²) in [5.74, 6) is -0.718. The summed E-state index contributed by atoms with van der Waals surface area (Å²) in [6, 6.07) is 7.48. The average molecular weight is 820 g/mol. The molecule has 1 aromatic carbocycles. The molecule has 12 heteroatoms. The Labute approximate surface area is 350 Å². The SMILES string of the molecule is CCCCCC1(CCCCC)O[C@@H]2[C@H]3ON(Cc4ccc(C=C5CCC6O[C@]6(C)CC[C@@H]6[C@@H]5CC6(C)C)cc4)[C@H]4C(=O)OC(CC34C(=O)NCCC(=O)NCCO)[C@@H]2O1. The number of benzene rings is 1. The van der Waals surface area contributed by atoms with Crippen LogP contribution in [0.4, 0.5) is 0 Å². The molecule has 7 fully saturated rings. The number of hydrogen-bond donors (Lipinski definition) is 3. The quantitative estimate of drug-likeness (QED) is 0.0902. The zero-order valence-corrected chi connectivity index (χ0v) is 36.1. The Morgan fingerprint density at radius 2 is 1.64 bits per heavy atom. The second-order valence-corrected chi connectivity index (χ2v) is 19.7. The maximum absolute atomic E-state index is 14.6. The molecule has 0 aromatic heterocycles. The first-order chi connectivity index (χ1) is 28.3. The molecule has 0 radical (unpaired) electrons. The molecule has 10 atom stereocenters. The minimum absolute atomic E-state index is 0.0364. The van der Waals surface area contributed by atoms with Gasteiger partial charge in [-0.2, -0.15) is 5.06 Å². The number of esters is 1. The molecule has 4 saturated heterocycles. The third kappa shape index (κ3) is 8.28. The lowest BCUT2D eigenvalue weighted by Crippen LogP contribution is -2.69. The van der Waals surface area contributed by atoms with Crippen LogP contribution in [0.3, 0.4) is 0 Å². The van der Waals surface area contributed by atoms with Gasteiger partial charge < -0.3 is 34.7 Å². The fourth-order valence-corrected chi connectivity index (χ4v) is 11.8. The predicted molar refractivity (Wildman–Crippen MR) is 221 cm³/mol. The summed E-state index contributed by atoms with van der Waals surface area (Å²) in [5.41, 5.74) is 2.71. The molecule has 2 bridgehead atoms. The molecule has 0 spiro atoms. The molecule has 2 amide bonds. The summed E-state index contributed by atoms with van der Waals surface area (Å²) in [4.78, 5) is 48.1. The van der Waals surface area contributed by atoms with Crippen molar-refractivity contribution in [1.29, 1.82) is 0 Å². The van der Waals surface area contributed by atoms with E-state index in [0.717, 1.165) is 81.8 Å². The van der Waals surface area contributed by atoms with Crippen LogP contribution >= 0.6 is 0 Å². The van der Waals surface area contributed by atoms with Gasteiger partial charge in [0.05, 0.1) is 24.9 Å². The second-order valence-electron chi connectivity index (χ2n) is 19.7. The number of carbonyl (C=O) groups is 3. The van der Waals surface area contributed by atoms with Gasteiger partial charge in [-0.15, -0.1) is 0 Å². The van der Waals surface area contributed by atoms with Crippen molar-refractivity contribution in [2.75, 3.05) is 19.7 Å². The third-order valence-corrected chi connectivity index (χ3v) is 15.1. The van der Waals surface area contributed by atoms with E-state index in [4.69, 9.17) is 28.9 Å². The number of nitrogens with one attached hydrogen (secondary N) is 2. The van der Waals surface area contributed by atoms with Crippen molar-refractivity contribution in [3.63, 3.8) is 0 Å². The number of fused-ring (bicyclic) bond motifs is 6. The molecule has 1 aromatic rings. The molecular weight excluding hydrogens is 751 g/mol. The van der Waals surface area contributed by atoms with Gasteiger partial charge in [0.15, 0.2) is 11.8 Å². The van der Waals surface area contributed by atoms with Gasteiger partial charge in [-0.3, -0.25) is 19.2 Å². The van der Waals surface area contributed by atoms with Crippen LogP contribution in [0.15, 0.2) is 29.8 Å². The van der Waals surface area contributed by atoms with E-state index in [-0.39, 0.29) is 56.5 Å². The molecule has 7 aliphatic rings. The average Bonchev–Trinajstić information content (AvgIpc) is 3.49. The molecule has 4 heterocycles. The lowest BCUT2D eigenvalue weighted by molar-refractivity contribution is -0.224. The Morgan fingerprint density at radius 1 is 0.915 bits per heavy atom. The Kier molecular flexibility index (Phi) is 12.4. The van der Waals surface area contributed by atoms with Gasteiger partial charge in [-0.1, -0.05) is 89.3 Å². The highest BCUT2D eigenvalue weighted by Gasteiger charge is 2.76.